The molecule has 0 unspecified atom stereocenters. The minimum atomic E-state index is -0.00404. The predicted octanol–water partition coefficient (Wildman–Crippen LogP) is 4.33. The average Bonchev–Trinajstić information content (AvgIpc) is 3.31. The Kier molecular flexibility index (Phi) is 5.72. The molecule has 3 aromatic carbocycles. The molecule has 1 aliphatic heterocycles. The van der Waals surface area contributed by atoms with Crippen LogP contribution in [0.5, 0.6) is 0 Å². The summed E-state index contributed by atoms with van der Waals surface area (Å²) >= 11 is 0. The van der Waals surface area contributed by atoms with Gasteiger partial charge in [0.25, 0.3) is 11.8 Å². The largest absolute Gasteiger partial charge is 0.335 e. The van der Waals surface area contributed by atoms with Crippen LogP contribution in [-0.2, 0) is 0 Å². The first-order valence-electron chi connectivity index (χ1n) is 11.0. The number of H-pyrrole nitrogens is 1. The van der Waals surface area contributed by atoms with Gasteiger partial charge in [0, 0.05) is 42.7 Å². The van der Waals surface area contributed by atoms with Crippen molar-refractivity contribution in [3.63, 3.8) is 0 Å². The lowest BCUT2D eigenvalue weighted by atomic mass is 10.1. The van der Waals surface area contributed by atoms with Crippen LogP contribution in [0.4, 0.5) is 0 Å². The Morgan fingerprint density at radius 3 is 1.94 bits per heavy atom. The summed E-state index contributed by atoms with van der Waals surface area (Å²) in [7, 11) is 0. The van der Waals surface area contributed by atoms with Gasteiger partial charge in [-0.15, -0.1) is 0 Å². The molecule has 0 atom stereocenters. The lowest BCUT2D eigenvalue weighted by Crippen LogP contribution is -2.50. The fraction of sp³-hybridized carbons (Fsp3) is 0.148. The molecule has 0 spiro atoms. The Hall–Kier alpha value is -4.19. The molecule has 1 fully saturated rings. The summed E-state index contributed by atoms with van der Waals surface area (Å²) in [4.78, 5) is 29.2. The van der Waals surface area contributed by atoms with Crippen LogP contribution in [-0.4, -0.2) is 58.0 Å². The second-order valence-electron chi connectivity index (χ2n) is 8.06. The Bertz CT molecular complexity index is 1300. The molecule has 2 amide bonds. The van der Waals surface area contributed by atoms with Crippen molar-refractivity contribution in [2.75, 3.05) is 26.2 Å². The zero-order valence-corrected chi connectivity index (χ0v) is 18.1. The first kappa shape index (κ1) is 20.7. The van der Waals surface area contributed by atoms with E-state index in [9.17, 15) is 9.59 Å². The van der Waals surface area contributed by atoms with Crippen molar-refractivity contribution < 1.29 is 9.59 Å². The van der Waals surface area contributed by atoms with E-state index in [2.05, 4.69) is 10.2 Å². The molecule has 6 heteroatoms. The second-order valence-corrected chi connectivity index (χ2v) is 8.06. The smallest absolute Gasteiger partial charge is 0.253 e. The molecule has 6 nitrogen and oxygen atoms in total. The van der Waals surface area contributed by atoms with E-state index < -0.39 is 0 Å². The van der Waals surface area contributed by atoms with Gasteiger partial charge in [-0.25, -0.2) is 0 Å². The summed E-state index contributed by atoms with van der Waals surface area (Å²) in [5.41, 5.74) is 4.22. The van der Waals surface area contributed by atoms with E-state index in [0.29, 0.717) is 37.3 Å². The highest BCUT2D eigenvalue weighted by molar-refractivity contribution is 5.96. The summed E-state index contributed by atoms with van der Waals surface area (Å²) in [6.45, 7) is 2.15. The summed E-state index contributed by atoms with van der Waals surface area (Å²) in [5, 5.41) is 8.46. The third kappa shape index (κ3) is 4.41. The van der Waals surface area contributed by atoms with Crippen molar-refractivity contribution >= 4 is 34.9 Å². The SMILES string of the molecule is O=C(c1ccccc1)N1CCN(C(=O)c2ccc(C=Cc3n[nH]c4ccccc34)cc2)CC1. The lowest BCUT2D eigenvalue weighted by Gasteiger charge is -2.34. The molecule has 0 saturated carbocycles. The molecular weight excluding hydrogens is 412 g/mol. The van der Waals surface area contributed by atoms with Crippen LogP contribution >= 0.6 is 0 Å². The molecule has 1 aliphatic rings. The summed E-state index contributed by atoms with van der Waals surface area (Å²) in [6, 6.07) is 24.9. The molecule has 0 bridgehead atoms. The molecule has 0 aliphatic carbocycles. The fourth-order valence-electron chi connectivity index (χ4n) is 4.08. The number of amides is 2. The number of fused-ring (bicyclic) bond motifs is 1. The lowest BCUT2D eigenvalue weighted by molar-refractivity contribution is 0.0535. The fourth-order valence-corrected chi connectivity index (χ4v) is 4.08. The van der Waals surface area contributed by atoms with Gasteiger partial charge in [-0.05, 0) is 42.0 Å². The van der Waals surface area contributed by atoms with Gasteiger partial charge in [-0.2, -0.15) is 5.10 Å². The van der Waals surface area contributed by atoms with Crippen molar-refractivity contribution in [3.8, 4) is 0 Å². The first-order chi connectivity index (χ1) is 16.2. The van der Waals surface area contributed by atoms with E-state index >= 15 is 0 Å². The van der Waals surface area contributed by atoms with Crippen LogP contribution in [0.15, 0.2) is 78.9 Å². The Balaban J connectivity index is 1.20. The zero-order valence-electron chi connectivity index (χ0n) is 18.1. The number of para-hydroxylation sites is 1. The van der Waals surface area contributed by atoms with Gasteiger partial charge in [-0.1, -0.05) is 54.6 Å². The number of hydrogen-bond donors (Lipinski definition) is 1. The summed E-state index contributed by atoms with van der Waals surface area (Å²) in [5.74, 6) is 0.0131. The van der Waals surface area contributed by atoms with Crippen molar-refractivity contribution in [2.45, 2.75) is 0 Å². The molecule has 2 heterocycles. The van der Waals surface area contributed by atoms with Crippen LogP contribution in [0.25, 0.3) is 23.1 Å². The molecule has 1 saturated heterocycles. The van der Waals surface area contributed by atoms with Gasteiger partial charge in [0.1, 0.15) is 0 Å². The van der Waals surface area contributed by atoms with E-state index in [1.807, 2.05) is 101 Å². The van der Waals surface area contributed by atoms with E-state index in [1.165, 1.54) is 0 Å². The average molecular weight is 437 g/mol. The minimum Gasteiger partial charge on any atom is -0.335 e. The quantitative estimate of drug-likeness (QED) is 0.518. The van der Waals surface area contributed by atoms with Crippen LogP contribution in [0, 0.1) is 0 Å². The maximum Gasteiger partial charge on any atom is 0.253 e. The Morgan fingerprint density at radius 1 is 0.697 bits per heavy atom. The standard InChI is InChI=1S/C27H24N4O2/c32-26(21-6-2-1-3-7-21)30-16-18-31(19-17-30)27(33)22-13-10-20(11-14-22)12-15-25-23-8-4-5-9-24(23)28-29-25/h1-15H,16-19H2,(H,28,29). The topological polar surface area (TPSA) is 69.3 Å². The molecular formula is C27H24N4O2. The number of benzene rings is 3. The molecule has 0 radical (unpaired) electrons. The summed E-state index contributed by atoms with van der Waals surface area (Å²) in [6.07, 6.45) is 3.96. The number of carbonyl (C=O) groups excluding carboxylic acids is 2. The number of carbonyl (C=O) groups is 2. The van der Waals surface area contributed by atoms with Crippen molar-refractivity contribution in [1.82, 2.24) is 20.0 Å². The second kappa shape index (κ2) is 9.12. The van der Waals surface area contributed by atoms with Gasteiger partial charge < -0.3 is 9.80 Å². The van der Waals surface area contributed by atoms with Gasteiger partial charge in [0.15, 0.2) is 0 Å². The van der Waals surface area contributed by atoms with E-state index in [1.54, 1.807) is 0 Å². The van der Waals surface area contributed by atoms with Gasteiger partial charge in [0.2, 0.25) is 0 Å². The van der Waals surface area contributed by atoms with Gasteiger partial charge in [0.05, 0.1) is 11.2 Å². The van der Waals surface area contributed by atoms with Crippen molar-refractivity contribution in [1.29, 1.82) is 0 Å². The van der Waals surface area contributed by atoms with Crippen LogP contribution < -0.4 is 0 Å². The highest BCUT2D eigenvalue weighted by atomic mass is 16.2. The number of hydrogen-bond acceptors (Lipinski definition) is 3. The molecule has 1 N–H and O–H groups in total. The Labute approximate surface area is 192 Å². The van der Waals surface area contributed by atoms with Gasteiger partial charge >= 0.3 is 0 Å². The molecule has 33 heavy (non-hydrogen) atoms. The number of nitrogens with zero attached hydrogens (tertiary/aromatic N) is 3. The minimum absolute atomic E-state index is 0.00404. The van der Waals surface area contributed by atoms with Crippen LogP contribution in [0.3, 0.4) is 0 Å². The number of aromatic amines is 1. The number of aromatic nitrogens is 2. The maximum atomic E-state index is 12.9. The van der Waals surface area contributed by atoms with E-state index in [4.69, 9.17) is 0 Å². The number of piperazine rings is 1. The first-order valence-corrected chi connectivity index (χ1v) is 11.0. The molecule has 1 aromatic heterocycles. The normalized spacial score (nSPS) is 14.2. The third-order valence-corrected chi connectivity index (χ3v) is 5.97. The molecule has 164 valence electrons. The predicted molar refractivity (Wildman–Crippen MR) is 130 cm³/mol. The highest BCUT2D eigenvalue weighted by Gasteiger charge is 2.25. The van der Waals surface area contributed by atoms with Crippen LogP contribution in [0.1, 0.15) is 32.0 Å². The molecule has 4 aromatic rings. The van der Waals surface area contributed by atoms with Crippen molar-refractivity contribution in [2.24, 2.45) is 0 Å². The number of rotatable bonds is 4. The zero-order chi connectivity index (χ0) is 22.6. The van der Waals surface area contributed by atoms with Crippen molar-refractivity contribution in [3.05, 3.63) is 101 Å². The van der Waals surface area contributed by atoms with E-state index in [-0.39, 0.29) is 11.8 Å². The Morgan fingerprint density at radius 2 is 1.27 bits per heavy atom. The molecule has 5 rings (SSSR count). The summed E-state index contributed by atoms with van der Waals surface area (Å²) < 4.78 is 0. The van der Waals surface area contributed by atoms with Gasteiger partial charge in [-0.3, -0.25) is 14.7 Å². The van der Waals surface area contributed by atoms with E-state index in [0.717, 1.165) is 22.2 Å². The monoisotopic (exact) mass is 436 g/mol. The number of nitrogens with one attached hydrogen (secondary N) is 1. The highest BCUT2D eigenvalue weighted by Crippen LogP contribution is 2.18. The third-order valence-electron chi connectivity index (χ3n) is 5.97. The maximum absolute atomic E-state index is 12.9. The van der Waals surface area contributed by atoms with Crippen LogP contribution in [0.2, 0.25) is 0 Å².